The summed E-state index contributed by atoms with van der Waals surface area (Å²) in [6.45, 7) is 8.19. The molecule has 0 bridgehead atoms. The Kier molecular flexibility index (Phi) is 5.10. The fourth-order valence-electron chi connectivity index (χ4n) is 1.80. The van der Waals surface area contributed by atoms with E-state index in [9.17, 15) is 4.79 Å². The molecule has 0 saturated heterocycles. The van der Waals surface area contributed by atoms with Crippen LogP contribution in [0.1, 0.15) is 38.1 Å². The van der Waals surface area contributed by atoms with E-state index >= 15 is 0 Å². The van der Waals surface area contributed by atoms with Crippen LogP contribution in [0, 0.1) is 0 Å². The van der Waals surface area contributed by atoms with E-state index in [1.54, 1.807) is 31.2 Å². The lowest BCUT2D eigenvalue weighted by Crippen LogP contribution is -2.27. The van der Waals surface area contributed by atoms with Gasteiger partial charge in [-0.1, -0.05) is 0 Å². The third-order valence-corrected chi connectivity index (χ3v) is 2.71. The maximum absolute atomic E-state index is 11.6. The van der Waals surface area contributed by atoms with Crippen molar-refractivity contribution in [2.75, 3.05) is 17.2 Å². The quantitative estimate of drug-likeness (QED) is 0.820. The van der Waals surface area contributed by atoms with Gasteiger partial charge in [-0.25, -0.2) is 4.79 Å². The topological polar surface area (TPSA) is 89.0 Å². The summed E-state index contributed by atoms with van der Waals surface area (Å²) in [6.07, 6.45) is 1.53. The van der Waals surface area contributed by atoms with Crippen molar-refractivity contribution >= 4 is 23.4 Å². The first-order valence-electron chi connectivity index (χ1n) is 7.39. The average Bonchev–Trinajstić information content (AvgIpc) is 2.47. The van der Waals surface area contributed by atoms with E-state index in [0.29, 0.717) is 23.9 Å². The first-order chi connectivity index (χ1) is 10.9. The zero-order chi connectivity index (χ0) is 16.9. The summed E-state index contributed by atoms with van der Waals surface area (Å²) < 4.78 is 4.95. The summed E-state index contributed by atoms with van der Waals surface area (Å²) in [5, 5.41) is 14.2. The number of hydrogen-bond acceptors (Lipinski definition) is 7. The Labute approximate surface area is 135 Å². The number of ether oxygens (including phenoxy) is 1. The van der Waals surface area contributed by atoms with Crippen LogP contribution in [-0.2, 0) is 4.74 Å². The fraction of sp³-hybridized carbons (Fsp3) is 0.375. The molecule has 7 heteroatoms. The summed E-state index contributed by atoms with van der Waals surface area (Å²) in [7, 11) is 0. The van der Waals surface area contributed by atoms with Gasteiger partial charge in [-0.15, -0.1) is 5.10 Å². The first kappa shape index (κ1) is 16.7. The van der Waals surface area contributed by atoms with Crippen LogP contribution >= 0.6 is 0 Å². The normalized spacial score (nSPS) is 11.0. The van der Waals surface area contributed by atoms with Gasteiger partial charge in [0, 0.05) is 11.2 Å². The molecule has 2 aromatic rings. The Morgan fingerprint density at radius 2 is 1.91 bits per heavy atom. The molecule has 0 amide bonds. The third kappa shape index (κ3) is 5.21. The largest absolute Gasteiger partial charge is 0.462 e. The van der Waals surface area contributed by atoms with E-state index < -0.39 is 0 Å². The van der Waals surface area contributed by atoms with Crippen LogP contribution < -0.4 is 10.6 Å². The average molecular weight is 315 g/mol. The molecule has 0 aliphatic carbocycles. The summed E-state index contributed by atoms with van der Waals surface area (Å²) in [6, 6.07) is 6.96. The highest BCUT2D eigenvalue weighted by molar-refractivity contribution is 5.89. The number of rotatable bonds is 5. The second-order valence-corrected chi connectivity index (χ2v) is 5.96. The van der Waals surface area contributed by atoms with Crippen molar-refractivity contribution in [2.45, 2.75) is 33.2 Å². The van der Waals surface area contributed by atoms with Crippen LogP contribution in [0.25, 0.3) is 0 Å². The summed E-state index contributed by atoms with van der Waals surface area (Å²) in [5.74, 6) is 0.681. The smallest absolute Gasteiger partial charge is 0.338 e. The van der Waals surface area contributed by atoms with E-state index in [2.05, 4.69) is 25.8 Å². The van der Waals surface area contributed by atoms with E-state index in [0.717, 1.165) is 5.69 Å². The van der Waals surface area contributed by atoms with Crippen molar-refractivity contribution < 1.29 is 9.53 Å². The Morgan fingerprint density at radius 3 is 2.52 bits per heavy atom. The highest BCUT2D eigenvalue weighted by Crippen LogP contribution is 2.17. The Balaban J connectivity index is 2.07. The number of carbonyl (C=O) groups excluding carboxylic acids is 1. The van der Waals surface area contributed by atoms with Crippen LogP contribution in [0.4, 0.5) is 17.5 Å². The molecule has 0 radical (unpaired) electrons. The SMILES string of the molecule is CCOC(=O)c1ccc(Nc2cnnc(NC(C)(C)C)n2)cc1. The number of esters is 1. The molecule has 0 aliphatic heterocycles. The van der Waals surface area contributed by atoms with Crippen molar-refractivity contribution in [3.05, 3.63) is 36.0 Å². The van der Waals surface area contributed by atoms with Gasteiger partial charge in [0.1, 0.15) is 0 Å². The molecule has 0 fully saturated rings. The van der Waals surface area contributed by atoms with Crippen LogP contribution in [-0.4, -0.2) is 33.3 Å². The first-order valence-corrected chi connectivity index (χ1v) is 7.39. The van der Waals surface area contributed by atoms with Gasteiger partial charge in [0.15, 0.2) is 5.82 Å². The standard InChI is InChI=1S/C16H21N5O2/c1-5-23-14(22)11-6-8-12(9-7-11)18-13-10-17-21-15(19-13)20-16(2,3)4/h6-10H,5H2,1-4H3,(H2,18,19,20,21). The Bertz CT molecular complexity index is 665. The van der Waals surface area contributed by atoms with Crippen molar-refractivity contribution in [3.63, 3.8) is 0 Å². The number of hydrogen-bond donors (Lipinski definition) is 2. The van der Waals surface area contributed by atoms with Gasteiger partial charge in [0.25, 0.3) is 0 Å². The van der Waals surface area contributed by atoms with Gasteiger partial charge in [-0.05, 0) is 52.0 Å². The van der Waals surface area contributed by atoms with Crippen molar-refractivity contribution in [2.24, 2.45) is 0 Å². The Morgan fingerprint density at radius 1 is 1.22 bits per heavy atom. The fourth-order valence-corrected chi connectivity index (χ4v) is 1.80. The van der Waals surface area contributed by atoms with Crippen LogP contribution in [0.15, 0.2) is 30.5 Å². The lowest BCUT2D eigenvalue weighted by Gasteiger charge is -2.20. The highest BCUT2D eigenvalue weighted by atomic mass is 16.5. The molecule has 0 saturated carbocycles. The number of carbonyl (C=O) groups is 1. The van der Waals surface area contributed by atoms with Gasteiger partial charge < -0.3 is 15.4 Å². The van der Waals surface area contributed by atoms with Gasteiger partial charge >= 0.3 is 5.97 Å². The third-order valence-electron chi connectivity index (χ3n) is 2.71. The number of nitrogens with one attached hydrogen (secondary N) is 2. The molecule has 23 heavy (non-hydrogen) atoms. The van der Waals surface area contributed by atoms with Crippen LogP contribution in [0.5, 0.6) is 0 Å². The van der Waals surface area contributed by atoms with Crippen molar-refractivity contribution in [3.8, 4) is 0 Å². The lowest BCUT2D eigenvalue weighted by atomic mass is 10.1. The maximum atomic E-state index is 11.6. The predicted octanol–water partition coefficient (Wildman–Crippen LogP) is 3.00. The minimum absolute atomic E-state index is 0.151. The zero-order valence-corrected chi connectivity index (χ0v) is 13.8. The molecule has 1 aromatic heterocycles. The summed E-state index contributed by atoms with van der Waals surface area (Å²) >= 11 is 0. The molecule has 1 aromatic carbocycles. The molecule has 7 nitrogen and oxygen atoms in total. The molecule has 1 heterocycles. The molecule has 0 atom stereocenters. The predicted molar refractivity (Wildman–Crippen MR) is 88.9 cm³/mol. The van der Waals surface area contributed by atoms with Gasteiger partial charge in [0.2, 0.25) is 5.95 Å². The van der Waals surface area contributed by atoms with Gasteiger partial charge in [0.05, 0.1) is 18.4 Å². The summed E-state index contributed by atoms with van der Waals surface area (Å²) in [5.41, 5.74) is 1.15. The van der Waals surface area contributed by atoms with Crippen molar-refractivity contribution in [1.29, 1.82) is 0 Å². The molecular formula is C16H21N5O2. The molecule has 2 rings (SSSR count). The van der Waals surface area contributed by atoms with Gasteiger partial charge in [-0.2, -0.15) is 10.1 Å². The molecule has 0 aliphatic rings. The summed E-state index contributed by atoms with van der Waals surface area (Å²) in [4.78, 5) is 16.0. The molecule has 0 spiro atoms. The minimum atomic E-state index is -0.334. The molecule has 122 valence electrons. The van der Waals surface area contributed by atoms with E-state index in [-0.39, 0.29) is 11.5 Å². The van der Waals surface area contributed by atoms with E-state index in [1.165, 1.54) is 6.20 Å². The zero-order valence-electron chi connectivity index (χ0n) is 13.8. The number of benzene rings is 1. The van der Waals surface area contributed by atoms with E-state index in [1.807, 2.05) is 20.8 Å². The number of anilines is 3. The van der Waals surface area contributed by atoms with Crippen LogP contribution in [0.3, 0.4) is 0 Å². The number of aromatic nitrogens is 3. The lowest BCUT2D eigenvalue weighted by molar-refractivity contribution is 0.0526. The maximum Gasteiger partial charge on any atom is 0.338 e. The molecule has 2 N–H and O–H groups in total. The monoisotopic (exact) mass is 315 g/mol. The van der Waals surface area contributed by atoms with Crippen LogP contribution in [0.2, 0.25) is 0 Å². The van der Waals surface area contributed by atoms with E-state index in [4.69, 9.17) is 4.74 Å². The molecular weight excluding hydrogens is 294 g/mol. The highest BCUT2D eigenvalue weighted by Gasteiger charge is 2.12. The van der Waals surface area contributed by atoms with Crippen molar-refractivity contribution in [1.82, 2.24) is 15.2 Å². The molecule has 0 unspecified atom stereocenters. The minimum Gasteiger partial charge on any atom is -0.462 e. The second-order valence-electron chi connectivity index (χ2n) is 5.96. The van der Waals surface area contributed by atoms with Gasteiger partial charge in [-0.3, -0.25) is 0 Å². The second kappa shape index (κ2) is 7.04. The number of nitrogens with zero attached hydrogens (tertiary/aromatic N) is 3. The Hall–Kier alpha value is -2.70.